The van der Waals surface area contributed by atoms with Gasteiger partial charge in [0.05, 0.1) is 18.5 Å². The summed E-state index contributed by atoms with van der Waals surface area (Å²) in [5, 5.41) is 0. The van der Waals surface area contributed by atoms with E-state index in [0.717, 1.165) is 16.7 Å². The minimum atomic E-state index is -3.49. The van der Waals surface area contributed by atoms with E-state index in [2.05, 4.69) is 0 Å². The Labute approximate surface area is 178 Å². The SMILES string of the molecule is Cc1ccccc1CN(c1ccc(C(=O)N(C)Cc2ccccc2)cc1)S(C)(=O)=O. The lowest BCUT2D eigenvalue weighted by molar-refractivity contribution is 0.0785. The van der Waals surface area contributed by atoms with Crippen molar-refractivity contribution in [3.8, 4) is 0 Å². The van der Waals surface area contributed by atoms with Gasteiger partial charge in [0.15, 0.2) is 0 Å². The Bertz CT molecular complexity index is 1110. The molecule has 3 aromatic rings. The lowest BCUT2D eigenvalue weighted by Crippen LogP contribution is -2.30. The number of benzene rings is 3. The van der Waals surface area contributed by atoms with Crippen LogP contribution in [0.3, 0.4) is 0 Å². The number of amides is 1. The highest BCUT2D eigenvalue weighted by Crippen LogP contribution is 2.23. The summed E-state index contributed by atoms with van der Waals surface area (Å²) in [4.78, 5) is 14.4. The topological polar surface area (TPSA) is 57.7 Å². The van der Waals surface area contributed by atoms with Crippen molar-refractivity contribution in [3.63, 3.8) is 0 Å². The van der Waals surface area contributed by atoms with Crippen LogP contribution in [0, 0.1) is 6.92 Å². The predicted octanol–water partition coefficient (Wildman–Crippen LogP) is 4.23. The van der Waals surface area contributed by atoms with E-state index >= 15 is 0 Å². The maximum absolute atomic E-state index is 12.8. The van der Waals surface area contributed by atoms with Crippen LogP contribution < -0.4 is 4.31 Å². The van der Waals surface area contributed by atoms with Gasteiger partial charge >= 0.3 is 0 Å². The highest BCUT2D eigenvalue weighted by molar-refractivity contribution is 7.92. The van der Waals surface area contributed by atoms with Gasteiger partial charge in [-0.05, 0) is 47.9 Å². The molecule has 0 aliphatic heterocycles. The molecule has 0 aliphatic rings. The van der Waals surface area contributed by atoms with Crippen LogP contribution in [0.5, 0.6) is 0 Å². The van der Waals surface area contributed by atoms with Crippen molar-refractivity contribution < 1.29 is 13.2 Å². The lowest BCUT2D eigenvalue weighted by Gasteiger charge is -2.24. The van der Waals surface area contributed by atoms with Gasteiger partial charge in [-0.15, -0.1) is 0 Å². The molecule has 3 aromatic carbocycles. The molecule has 0 aliphatic carbocycles. The largest absolute Gasteiger partial charge is 0.337 e. The standard InChI is InChI=1S/C24H26N2O3S/c1-19-9-7-8-12-22(19)18-26(30(3,28)29)23-15-13-21(14-16-23)24(27)25(2)17-20-10-5-4-6-11-20/h4-16H,17-18H2,1-3H3. The fourth-order valence-corrected chi connectivity index (χ4v) is 4.14. The molecule has 0 bridgehead atoms. The fraction of sp³-hybridized carbons (Fsp3) is 0.208. The van der Waals surface area contributed by atoms with E-state index in [1.54, 1.807) is 36.2 Å². The fourth-order valence-electron chi connectivity index (χ4n) is 3.26. The highest BCUT2D eigenvalue weighted by Gasteiger charge is 2.20. The van der Waals surface area contributed by atoms with Crippen LogP contribution in [0.1, 0.15) is 27.0 Å². The first-order valence-electron chi connectivity index (χ1n) is 9.67. The molecule has 0 N–H and O–H groups in total. The number of rotatable bonds is 7. The van der Waals surface area contributed by atoms with Crippen LogP contribution >= 0.6 is 0 Å². The second-order valence-corrected chi connectivity index (χ2v) is 9.30. The number of nitrogens with zero attached hydrogens (tertiary/aromatic N) is 2. The highest BCUT2D eigenvalue weighted by atomic mass is 32.2. The molecule has 30 heavy (non-hydrogen) atoms. The number of anilines is 1. The van der Waals surface area contributed by atoms with Gasteiger partial charge in [0.25, 0.3) is 5.91 Å². The first-order chi connectivity index (χ1) is 14.3. The predicted molar refractivity (Wildman–Crippen MR) is 121 cm³/mol. The molecule has 0 atom stereocenters. The van der Waals surface area contributed by atoms with Crippen LogP contribution in [0.25, 0.3) is 0 Å². The average molecular weight is 423 g/mol. The Morgan fingerprint density at radius 2 is 1.43 bits per heavy atom. The number of hydrogen-bond acceptors (Lipinski definition) is 3. The van der Waals surface area contributed by atoms with Crippen LogP contribution in [-0.4, -0.2) is 32.5 Å². The third kappa shape index (κ3) is 5.27. The van der Waals surface area contributed by atoms with E-state index < -0.39 is 10.0 Å². The zero-order valence-electron chi connectivity index (χ0n) is 17.4. The Morgan fingerprint density at radius 3 is 2.03 bits per heavy atom. The van der Waals surface area contributed by atoms with Gasteiger partial charge in [0.1, 0.15) is 0 Å². The second kappa shape index (κ2) is 9.13. The molecule has 5 nitrogen and oxygen atoms in total. The van der Waals surface area contributed by atoms with E-state index in [0.29, 0.717) is 17.8 Å². The zero-order valence-corrected chi connectivity index (χ0v) is 18.3. The summed E-state index contributed by atoms with van der Waals surface area (Å²) in [6.45, 7) is 2.71. The van der Waals surface area contributed by atoms with Crippen LogP contribution in [0.2, 0.25) is 0 Å². The third-order valence-corrected chi connectivity index (χ3v) is 6.13. The number of sulfonamides is 1. The number of hydrogen-bond donors (Lipinski definition) is 0. The van der Waals surface area contributed by atoms with Crippen molar-refractivity contribution in [1.29, 1.82) is 0 Å². The van der Waals surface area contributed by atoms with Crippen LogP contribution in [-0.2, 0) is 23.1 Å². The molecule has 0 fully saturated rings. The monoisotopic (exact) mass is 422 g/mol. The number of carbonyl (C=O) groups is 1. The van der Waals surface area contributed by atoms with Gasteiger partial charge in [0.2, 0.25) is 10.0 Å². The molecule has 0 radical (unpaired) electrons. The van der Waals surface area contributed by atoms with Gasteiger partial charge in [-0.2, -0.15) is 0 Å². The van der Waals surface area contributed by atoms with Crippen molar-refractivity contribution in [1.82, 2.24) is 4.90 Å². The Kier molecular flexibility index (Phi) is 6.57. The van der Waals surface area contributed by atoms with E-state index in [1.165, 1.54) is 10.6 Å². The van der Waals surface area contributed by atoms with E-state index in [1.807, 2.05) is 61.5 Å². The maximum Gasteiger partial charge on any atom is 0.253 e. The van der Waals surface area contributed by atoms with Gasteiger partial charge in [-0.25, -0.2) is 8.42 Å². The van der Waals surface area contributed by atoms with Gasteiger partial charge < -0.3 is 4.90 Å². The molecule has 0 aromatic heterocycles. The van der Waals surface area contributed by atoms with Crippen molar-refractivity contribution in [2.45, 2.75) is 20.0 Å². The summed E-state index contributed by atoms with van der Waals surface area (Å²) in [6.07, 6.45) is 1.19. The summed E-state index contributed by atoms with van der Waals surface area (Å²) in [7, 11) is -1.73. The molecular formula is C24H26N2O3S. The van der Waals surface area contributed by atoms with E-state index in [4.69, 9.17) is 0 Å². The first-order valence-corrected chi connectivity index (χ1v) is 11.5. The van der Waals surface area contributed by atoms with Gasteiger partial charge in [-0.1, -0.05) is 54.6 Å². The molecule has 6 heteroatoms. The number of carbonyl (C=O) groups excluding carboxylic acids is 1. The van der Waals surface area contributed by atoms with Gasteiger partial charge in [0, 0.05) is 19.2 Å². The van der Waals surface area contributed by atoms with Crippen molar-refractivity contribution in [2.24, 2.45) is 0 Å². The van der Waals surface area contributed by atoms with E-state index in [-0.39, 0.29) is 12.5 Å². The molecule has 0 unspecified atom stereocenters. The Balaban J connectivity index is 1.79. The summed E-state index contributed by atoms with van der Waals surface area (Å²) >= 11 is 0. The van der Waals surface area contributed by atoms with Crippen molar-refractivity contribution in [3.05, 3.63) is 101 Å². The van der Waals surface area contributed by atoms with Crippen molar-refractivity contribution in [2.75, 3.05) is 17.6 Å². The molecule has 3 rings (SSSR count). The Hall–Kier alpha value is -3.12. The maximum atomic E-state index is 12.8. The normalized spacial score (nSPS) is 11.2. The molecule has 0 heterocycles. The minimum absolute atomic E-state index is 0.116. The molecular weight excluding hydrogens is 396 g/mol. The molecule has 0 saturated carbocycles. The van der Waals surface area contributed by atoms with Gasteiger partial charge in [-0.3, -0.25) is 9.10 Å². The molecule has 1 amide bonds. The van der Waals surface area contributed by atoms with Crippen molar-refractivity contribution >= 4 is 21.6 Å². The molecule has 156 valence electrons. The average Bonchev–Trinajstić information content (AvgIpc) is 2.72. The number of aryl methyl sites for hydroxylation is 1. The van der Waals surface area contributed by atoms with Crippen LogP contribution in [0.15, 0.2) is 78.9 Å². The quantitative estimate of drug-likeness (QED) is 0.572. The minimum Gasteiger partial charge on any atom is -0.337 e. The summed E-state index contributed by atoms with van der Waals surface area (Å²) in [5.41, 5.74) is 4.06. The lowest BCUT2D eigenvalue weighted by atomic mass is 10.1. The van der Waals surface area contributed by atoms with Crippen LogP contribution in [0.4, 0.5) is 5.69 Å². The third-order valence-electron chi connectivity index (χ3n) is 4.99. The second-order valence-electron chi connectivity index (χ2n) is 7.39. The first kappa shape index (κ1) is 21.6. The van der Waals surface area contributed by atoms with E-state index in [9.17, 15) is 13.2 Å². The molecule has 0 spiro atoms. The summed E-state index contributed by atoms with van der Waals surface area (Å²) < 4.78 is 26.2. The Morgan fingerprint density at radius 1 is 0.833 bits per heavy atom. The summed E-state index contributed by atoms with van der Waals surface area (Å²) in [5.74, 6) is -0.116. The smallest absolute Gasteiger partial charge is 0.253 e. The zero-order chi connectivity index (χ0) is 21.7. The molecule has 0 saturated heterocycles. The summed E-state index contributed by atoms with van der Waals surface area (Å²) in [6, 6.07) is 24.2.